The second-order valence-electron chi connectivity index (χ2n) is 5.57. The Morgan fingerprint density at radius 1 is 1.28 bits per heavy atom. The maximum Gasteiger partial charge on any atom is 0.0702 e. The number of nitrogens with one attached hydrogen (secondary N) is 1. The summed E-state index contributed by atoms with van der Waals surface area (Å²) in [5.41, 5.74) is 2.83. The van der Waals surface area contributed by atoms with Gasteiger partial charge in [0.1, 0.15) is 0 Å². The lowest BCUT2D eigenvalue weighted by Gasteiger charge is -2.26. The average Bonchev–Trinajstić information content (AvgIpc) is 2.83. The molecule has 2 aliphatic heterocycles. The van der Waals surface area contributed by atoms with E-state index in [2.05, 4.69) is 11.5 Å². The summed E-state index contributed by atoms with van der Waals surface area (Å²) in [5.74, 6) is 1.27. The molecule has 1 unspecified atom stereocenters. The minimum absolute atomic E-state index is 0.609. The smallest absolute Gasteiger partial charge is 0.0702 e. The first-order chi connectivity index (χ1) is 8.84. The van der Waals surface area contributed by atoms with Crippen LogP contribution in [0.15, 0.2) is 6.20 Å². The first kappa shape index (κ1) is 12.2. The number of nitrogens with zero attached hydrogens (tertiary/aromatic N) is 2. The monoisotopic (exact) mass is 249 g/mol. The van der Waals surface area contributed by atoms with Gasteiger partial charge in [-0.2, -0.15) is 5.10 Å². The van der Waals surface area contributed by atoms with Gasteiger partial charge in [-0.3, -0.25) is 4.68 Å². The summed E-state index contributed by atoms with van der Waals surface area (Å²) in [6, 6.07) is 0. The molecule has 3 rings (SSSR count). The number of rotatable bonds is 2. The Balaban J connectivity index is 1.83. The van der Waals surface area contributed by atoms with E-state index in [0.29, 0.717) is 11.8 Å². The molecule has 1 atom stereocenters. The van der Waals surface area contributed by atoms with Crippen molar-refractivity contribution in [3.8, 4) is 0 Å². The largest absolute Gasteiger partial charge is 0.381 e. The number of hydrogen-bond acceptors (Lipinski definition) is 3. The first-order valence-corrected chi connectivity index (χ1v) is 7.16. The summed E-state index contributed by atoms with van der Waals surface area (Å²) >= 11 is 0. The van der Waals surface area contributed by atoms with E-state index in [-0.39, 0.29) is 0 Å². The van der Waals surface area contributed by atoms with Crippen molar-refractivity contribution in [2.24, 2.45) is 7.05 Å². The van der Waals surface area contributed by atoms with Crippen LogP contribution in [0.3, 0.4) is 0 Å². The van der Waals surface area contributed by atoms with E-state index in [1.54, 1.807) is 0 Å². The summed E-state index contributed by atoms with van der Waals surface area (Å²) in [6.07, 6.45) is 7.09. The molecule has 3 heterocycles. The van der Waals surface area contributed by atoms with Gasteiger partial charge >= 0.3 is 0 Å². The van der Waals surface area contributed by atoms with Gasteiger partial charge in [0.05, 0.1) is 5.69 Å². The standard InChI is InChI=1S/C14H23N3O/c1-17-10-13(11-4-7-18-8-5-11)14(16-17)12-3-2-6-15-9-12/h10-12,15H,2-9H2,1H3. The molecule has 4 heteroatoms. The van der Waals surface area contributed by atoms with E-state index < -0.39 is 0 Å². The van der Waals surface area contributed by atoms with Gasteiger partial charge in [0.2, 0.25) is 0 Å². The van der Waals surface area contributed by atoms with Crippen LogP contribution in [0.4, 0.5) is 0 Å². The van der Waals surface area contributed by atoms with Crippen LogP contribution in [0.2, 0.25) is 0 Å². The van der Waals surface area contributed by atoms with Crippen LogP contribution in [0, 0.1) is 0 Å². The van der Waals surface area contributed by atoms with Gasteiger partial charge in [-0.1, -0.05) is 0 Å². The Labute approximate surface area is 109 Å². The lowest BCUT2D eigenvalue weighted by molar-refractivity contribution is 0.0850. The van der Waals surface area contributed by atoms with Crippen LogP contribution < -0.4 is 5.32 Å². The van der Waals surface area contributed by atoms with Crippen molar-refractivity contribution < 1.29 is 4.74 Å². The maximum atomic E-state index is 5.47. The lowest BCUT2D eigenvalue weighted by atomic mass is 9.86. The third kappa shape index (κ3) is 2.45. The molecule has 0 amide bonds. The van der Waals surface area contributed by atoms with Crippen LogP contribution in [-0.4, -0.2) is 36.1 Å². The molecule has 100 valence electrons. The Morgan fingerprint density at radius 2 is 2.11 bits per heavy atom. The fraction of sp³-hybridized carbons (Fsp3) is 0.786. The molecule has 0 aliphatic carbocycles. The minimum Gasteiger partial charge on any atom is -0.381 e. The maximum absolute atomic E-state index is 5.47. The molecule has 0 aromatic carbocycles. The second kappa shape index (κ2) is 5.41. The minimum atomic E-state index is 0.609. The molecule has 2 fully saturated rings. The van der Waals surface area contributed by atoms with Gasteiger partial charge in [0.25, 0.3) is 0 Å². The molecule has 2 saturated heterocycles. The van der Waals surface area contributed by atoms with Gasteiger partial charge in [0.15, 0.2) is 0 Å². The fourth-order valence-corrected chi connectivity index (χ4v) is 3.25. The van der Waals surface area contributed by atoms with Gasteiger partial charge < -0.3 is 10.1 Å². The molecule has 18 heavy (non-hydrogen) atoms. The topological polar surface area (TPSA) is 39.1 Å². The molecule has 0 radical (unpaired) electrons. The van der Waals surface area contributed by atoms with Crippen molar-refractivity contribution in [1.82, 2.24) is 15.1 Å². The van der Waals surface area contributed by atoms with E-state index >= 15 is 0 Å². The molecule has 2 aliphatic rings. The molecule has 1 aromatic heterocycles. The van der Waals surface area contributed by atoms with E-state index in [9.17, 15) is 0 Å². The molecule has 0 bridgehead atoms. The zero-order valence-electron chi connectivity index (χ0n) is 11.2. The second-order valence-corrected chi connectivity index (χ2v) is 5.57. The van der Waals surface area contributed by atoms with E-state index in [4.69, 9.17) is 9.84 Å². The predicted molar refractivity (Wildman–Crippen MR) is 70.8 cm³/mol. The van der Waals surface area contributed by atoms with E-state index in [0.717, 1.165) is 39.1 Å². The Hall–Kier alpha value is -0.870. The quantitative estimate of drug-likeness (QED) is 0.868. The summed E-state index contributed by atoms with van der Waals surface area (Å²) < 4.78 is 7.47. The number of piperidine rings is 1. The number of aryl methyl sites for hydroxylation is 1. The normalized spacial score (nSPS) is 26.4. The highest BCUT2D eigenvalue weighted by Crippen LogP contribution is 2.34. The zero-order chi connectivity index (χ0) is 12.4. The third-order valence-electron chi connectivity index (χ3n) is 4.23. The molecular weight excluding hydrogens is 226 g/mol. The summed E-state index contributed by atoms with van der Waals surface area (Å²) in [7, 11) is 2.04. The van der Waals surface area contributed by atoms with Crippen molar-refractivity contribution in [2.45, 2.75) is 37.5 Å². The van der Waals surface area contributed by atoms with Crippen molar-refractivity contribution in [2.75, 3.05) is 26.3 Å². The SMILES string of the molecule is Cn1cc(C2CCOCC2)c(C2CCCNC2)n1. The number of ether oxygens (including phenoxy) is 1. The third-order valence-corrected chi connectivity index (χ3v) is 4.23. The van der Waals surface area contributed by atoms with Gasteiger partial charge in [-0.25, -0.2) is 0 Å². The van der Waals surface area contributed by atoms with Crippen molar-refractivity contribution >= 4 is 0 Å². The van der Waals surface area contributed by atoms with Gasteiger partial charge in [-0.15, -0.1) is 0 Å². The summed E-state index contributed by atoms with van der Waals surface area (Å²) in [4.78, 5) is 0. The van der Waals surface area contributed by atoms with Crippen molar-refractivity contribution in [3.63, 3.8) is 0 Å². The molecular formula is C14H23N3O. The summed E-state index contributed by atoms with van der Waals surface area (Å²) in [6.45, 7) is 4.06. The van der Waals surface area contributed by atoms with Crippen molar-refractivity contribution in [1.29, 1.82) is 0 Å². The van der Waals surface area contributed by atoms with Crippen LogP contribution >= 0.6 is 0 Å². The molecule has 0 spiro atoms. The molecule has 4 nitrogen and oxygen atoms in total. The Kier molecular flexibility index (Phi) is 3.66. The van der Waals surface area contributed by atoms with E-state index in [1.165, 1.54) is 24.1 Å². The Bertz CT molecular complexity index is 354. The lowest BCUT2D eigenvalue weighted by Crippen LogP contribution is -2.29. The summed E-state index contributed by atoms with van der Waals surface area (Å²) in [5, 5.41) is 8.24. The van der Waals surface area contributed by atoms with Crippen LogP contribution in [0.5, 0.6) is 0 Å². The molecule has 1 N–H and O–H groups in total. The molecule has 1 aromatic rings. The highest BCUT2D eigenvalue weighted by Gasteiger charge is 2.26. The fourth-order valence-electron chi connectivity index (χ4n) is 3.25. The van der Waals surface area contributed by atoms with Gasteiger partial charge in [-0.05, 0) is 43.7 Å². The highest BCUT2D eigenvalue weighted by molar-refractivity contribution is 5.26. The number of aromatic nitrogens is 2. The Morgan fingerprint density at radius 3 is 2.83 bits per heavy atom. The van der Waals surface area contributed by atoms with Crippen LogP contribution in [0.1, 0.15) is 48.8 Å². The van der Waals surface area contributed by atoms with Gasteiger partial charge in [0, 0.05) is 38.9 Å². The first-order valence-electron chi connectivity index (χ1n) is 7.16. The van der Waals surface area contributed by atoms with Crippen LogP contribution in [-0.2, 0) is 11.8 Å². The number of hydrogen-bond donors (Lipinski definition) is 1. The molecule has 0 saturated carbocycles. The predicted octanol–water partition coefficient (Wildman–Crippen LogP) is 1.78. The average molecular weight is 249 g/mol. The van der Waals surface area contributed by atoms with Crippen molar-refractivity contribution in [3.05, 3.63) is 17.5 Å². The van der Waals surface area contributed by atoms with E-state index in [1.807, 2.05) is 11.7 Å². The zero-order valence-corrected chi connectivity index (χ0v) is 11.2. The van der Waals surface area contributed by atoms with Crippen LogP contribution in [0.25, 0.3) is 0 Å². The highest BCUT2D eigenvalue weighted by atomic mass is 16.5.